The minimum atomic E-state index is 0. The molecule has 0 amide bonds. The molecule has 0 radical (unpaired) electrons. The van der Waals surface area contributed by atoms with Crippen LogP contribution in [0.1, 0.15) is 19.3 Å². The first-order valence-electron chi connectivity index (χ1n) is 4.44. The molecule has 0 N–H and O–H groups in total. The van der Waals surface area contributed by atoms with E-state index in [-0.39, 0.29) is 779 Å². The summed E-state index contributed by atoms with van der Waals surface area (Å²) in [5.74, 6) is 0. The van der Waals surface area contributed by atoms with E-state index in [1.807, 2.05) is 0 Å². The molecule has 290 valence electrons. The topological polar surface area (TPSA) is 17.3 Å². The zero-order valence-electron chi connectivity index (χ0n) is 22.7. The number of nitrogens with zero attached hydrogens (tertiary/aromatic N) is 2. The van der Waals surface area contributed by atoms with Crippen molar-refractivity contribution in [2.24, 2.45) is 0 Å². The van der Waals surface area contributed by atoms with Gasteiger partial charge in [0.15, 0.2) is 0 Å². The van der Waals surface area contributed by atoms with Gasteiger partial charge >= 0.3 is 107 Å². The maximum Gasteiger partial charge on any atom is 2.00 e. The second-order valence-corrected chi connectivity index (χ2v) is 5.00. The minimum Gasteiger partial charge on any atom is 0 e. The summed E-state index contributed by atoms with van der Waals surface area (Å²) in [6, 6.07) is 0.593. The van der Waals surface area contributed by atoms with Crippen LogP contribution in [-0.4, -0.2) is 35.1 Å². The van der Waals surface area contributed by atoms with Gasteiger partial charge in [0.05, 0.1) is 0 Å². The molecule has 1 saturated heterocycles. The Labute approximate surface area is 840 Å². The second-order valence-electron chi connectivity index (χ2n) is 3.31. The van der Waals surface area contributed by atoms with Gasteiger partial charge in [0.25, 0.3) is 0 Å². The van der Waals surface area contributed by atoms with Gasteiger partial charge in [0.2, 0.25) is 0 Å². The van der Waals surface area contributed by atoms with Crippen molar-refractivity contribution < 1.29 is 799 Å². The zero-order chi connectivity index (χ0) is 8.97. The van der Waals surface area contributed by atoms with Crippen molar-refractivity contribution in [2.45, 2.75) is 25.3 Å². The Bertz CT molecular complexity index is 183. The molecule has 1 fully saturated rings. The molecular weight excluding hydrogens is 7120 g/mol. The molecule has 1 aliphatic rings. The maximum absolute atomic E-state index is 4.65. The number of hydrogen-bond acceptors (Lipinski definition) is 1. The number of hydrogen-bond donors (Lipinski definition) is 0. The van der Waals surface area contributed by atoms with Crippen molar-refractivity contribution in [2.75, 3.05) is 20.1 Å². The van der Waals surface area contributed by atoms with Gasteiger partial charge in [-0.15, -0.1) is 0 Å². The van der Waals surface area contributed by atoms with Crippen molar-refractivity contribution in [1.29, 1.82) is 0 Å². The quantitative estimate of drug-likeness (QED) is 0.390. The molecule has 0 aromatic carbocycles. The molecule has 2 nitrogen and oxygen atoms in total. The molecule has 0 atom stereocenters. The first-order chi connectivity index (χ1) is 5.72. The third-order valence-electron chi connectivity index (χ3n) is 2.23. The van der Waals surface area contributed by atoms with Crippen molar-refractivity contribution in [1.82, 2.24) is 4.90 Å². The van der Waals surface area contributed by atoms with Crippen LogP contribution in [0.2, 0.25) is 0 Å². The monoisotopic (exact) mass is 7140 g/mol. The SMILES string of the molecule is [CH2-]C[C](=[W])[N-]C1CCN(C)CC1.[W+2].[W].[W].[W].[W].[W].[W].[W].[W].[W].[W].[W].[W].[W].[W].[W].[W].[W].[W].[W].[W].[W].[W].[W].[W].[W].[W].[W].[W].[W].[W].[W].[W].[W].[W].[W].[W]. The van der Waals surface area contributed by atoms with Gasteiger partial charge in [-0.2, -0.15) is 0 Å². The Balaban J connectivity index is -0.00000000111. The van der Waals surface area contributed by atoms with Gasteiger partial charge in [0.1, 0.15) is 0 Å². The van der Waals surface area contributed by atoms with Crippen LogP contribution in [0.5, 0.6) is 0 Å². The van der Waals surface area contributed by atoms with E-state index in [1.54, 1.807) is 0 Å². The second kappa shape index (κ2) is 235. The molecule has 0 bridgehead atoms. The number of rotatable bonds is 3. The van der Waals surface area contributed by atoms with Gasteiger partial charge in [-0.05, 0) is 0 Å². The summed E-state index contributed by atoms with van der Waals surface area (Å²) in [7, 11) is 2.18. The Morgan fingerprint density at radius 2 is 0.571 bits per heavy atom. The van der Waals surface area contributed by atoms with E-state index in [9.17, 15) is 0 Å². The van der Waals surface area contributed by atoms with Gasteiger partial charge in [-0.1, -0.05) is 0 Å². The summed E-state index contributed by atoms with van der Waals surface area (Å²) in [5, 5.41) is 4.65. The molecule has 0 unspecified atom stereocenters. The number of likely N-dealkylation sites (tertiary alicyclic amines) is 1. The largest absolute Gasteiger partial charge is 2.00 e. The Morgan fingerprint density at radius 3 is 0.694 bits per heavy atom. The normalized spacial score (nSPS) is 5.18. The van der Waals surface area contributed by atoms with Crippen LogP contribution >= 0.6 is 0 Å². The van der Waals surface area contributed by atoms with E-state index in [1.165, 1.54) is 49.3 Å². The van der Waals surface area contributed by atoms with Crippen molar-refractivity contribution in [3.05, 3.63) is 12.2 Å². The Kier molecular flexibility index (Phi) is 1360. The first kappa shape index (κ1) is 285. The van der Waals surface area contributed by atoms with Gasteiger partial charge < -0.3 is 0 Å². The van der Waals surface area contributed by atoms with Crippen LogP contribution in [0.25, 0.3) is 5.32 Å². The van der Waals surface area contributed by atoms with Crippen molar-refractivity contribution in [3.63, 3.8) is 0 Å². The molecule has 1 rings (SSSR count). The Hall–Kier alpha value is 25.9. The molecule has 1 heterocycles. The zero-order valence-corrected chi connectivity index (χ0v) is 134. The van der Waals surface area contributed by atoms with Gasteiger partial charge in [0, 0.05) is 758 Å². The smallest absolute Gasteiger partial charge is 0 e. The van der Waals surface area contributed by atoms with Crippen molar-refractivity contribution >= 4 is 4.02 Å². The van der Waals surface area contributed by atoms with Gasteiger partial charge in [-0.3, -0.25) is 0 Å². The molecule has 40 heteroatoms. The van der Waals surface area contributed by atoms with Crippen LogP contribution in [0.15, 0.2) is 0 Å². The molecular formula is C9H16N2W38. The summed E-state index contributed by atoms with van der Waals surface area (Å²) in [4.78, 5) is 2.37. The minimum absolute atomic E-state index is 0. The predicted molar refractivity (Wildman–Crippen MR) is 48.9 cm³/mol. The van der Waals surface area contributed by atoms with Crippen LogP contribution in [0, 0.1) is 6.92 Å². The average Bonchev–Trinajstić information content (AvgIpc) is 2.09. The molecule has 0 aromatic rings. The van der Waals surface area contributed by atoms with E-state index in [0.717, 1.165) is 6.42 Å². The van der Waals surface area contributed by atoms with Crippen LogP contribution in [0.3, 0.4) is 0 Å². The summed E-state index contributed by atoms with van der Waals surface area (Å²) in [6.07, 6.45) is 3.35. The van der Waals surface area contributed by atoms with Crippen LogP contribution < -0.4 is 0 Å². The fourth-order valence-corrected chi connectivity index (χ4v) is 1.93. The fourth-order valence-electron chi connectivity index (χ4n) is 1.39. The predicted octanol–water partition coefficient (Wildman–Crippen LogP) is 1.26. The third kappa shape index (κ3) is 218. The molecule has 0 aromatic heterocycles. The van der Waals surface area contributed by atoms with E-state index < -0.39 is 0 Å². The van der Waals surface area contributed by atoms with Gasteiger partial charge in [-0.25, -0.2) is 0 Å². The third-order valence-corrected chi connectivity index (χ3v) is 3.34. The van der Waals surface area contributed by atoms with Crippen molar-refractivity contribution in [3.8, 4) is 0 Å². The maximum atomic E-state index is 4.65. The first-order valence-corrected chi connectivity index (χ1v) is 5.90. The van der Waals surface area contributed by atoms with Crippen LogP contribution in [-0.2, 0) is 799 Å². The number of piperidine rings is 1. The molecule has 49 heavy (non-hydrogen) atoms. The molecule has 0 aliphatic carbocycles. The Morgan fingerprint density at radius 1 is 0.429 bits per heavy atom. The van der Waals surface area contributed by atoms with Crippen LogP contribution in [0.4, 0.5) is 0 Å². The molecule has 1 aliphatic heterocycles. The molecule has 0 saturated carbocycles. The van der Waals surface area contributed by atoms with E-state index in [2.05, 4.69) is 24.2 Å². The van der Waals surface area contributed by atoms with E-state index in [0.29, 0.717) is 6.04 Å². The molecule has 0 spiro atoms. The summed E-state index contributed by atoms with van der Waals surface area (Å²) in [6.45, 7) is 6.25. The summed E-state index contributed by atoms with van der Waals surface area (Å²) < 4.78 is 1.28. The standard InChI is InChI=1S/C9H16N2.38W/c1-3-6-10-9-4-7-11(2)8-5-9;;;;;;;;;;;;;;;;;;;;;;;;;;;;;;;;;;;;;;/h9H,1,3-5,7-8H2,2H3;;;;;;;;;;;;;;;;;;;;;;;;;;;;;;;;;;;;;;/q-2;;;;;;;;;;;;;;;;;;;;;;;;;;;;;;;;;;;;;;+2. The summed E-state index contributed by atoms with van der Waals surface area (Å²) >= 11 is 1.49. The summed E-state index contributed by atoms with van der Waals surface area (Å²) in [5.41, 5.74) is 0. The average molecular weight is 7140 g/mol. The van der Waals surface area contributed by atoms with E-state index in [4.69, 9.17) is 0 Å². The fraction of sp³-hybridized carbons (Fsp3) is 0.778. The van der Waals surface area contributed by atoms with E-state index >= 15 is 0 Å².